The van der Waals surface area contributed by atoms with Crippen molar-refractivity contribution >= 4 is 0 Å². The van der Waals surface area contributed by atoms with Gasteiger partial charge in [-0.2, -0.15) is 0 Å². The lowest BCUT2D eigenvalue weighted by atomic mass is 9.93. The van der Waals surface area contributed by atoms with Crippen molar-refractivity contribution in [2.24, 2.45) is 5.41 Å². The standard InChI is InChI=1S/C38H41N3O3/c1-38(27-42-24-23-40(2)25-30-15-7-3-8-16-30)28-43-37(44-29-38)36-39-34(32-19-11-5-12-20-32)35(33-21-13-6-14-22-33)41(36)26-31-17-9-4-10-18-31/h3-22,37H,23-29H2,1-2H3/t37-,38-. The molecule has 0 atom stereocenters. The summed E-state index contributed by atoms with van der Waals surface area (Å²) in [5, 5.41) is 0. The number of rotatable bonds is 12. The van der Waals surface area contributed by atoms with Crippen molar-refractivity contribution in [3.05, 3.63) is 138 Å². The van der Waals surface area contributed by atoms with Crippen LogP contribution in [0.4, 0.5) is 0 Å². The van der Waals surface area contributed by atoms with E-state index in [4.69, 9.17) is 19.2 Å². The van der Waals surface area contributed by atoms with Gasteiger partial charge in [0, 0.05) is 36.2 Å². The minimum atomic E-state index is -0.580. The molecule has 2 heterocycles. The molecule has 6 rings (SSSR count). The lowest BCUT2D eigenvalue weighted by molar-refractivity contribution is -0.243. The summed E-state index contributed by atoms with van der Waals surface area (Å²) in [6.07, 6.45) is -0.580. The molecular weight excluding hydrogens is 546 g/mol. The molecule has 0 saturated carbocycles. The number of likely N-dealkylation sites (N-methyl/N-ethyl adjacent to an activating group) is 1. The molecule has 0 N–H and O–H groups in total. The predicted molar refractivity (Wildman–Crippen MR) is 175 cm³/mol. The van der Waals surface area contributed by atoms with Crippen molar-refractivity contribution in [2.45, 2.75) is 26.3 Å². The molecule has 0 amide bonds. The second-order valence-electron chi connectivity index (χ2n) is 12.0. The van der Waals surface area contributed by atoms with Crippen LogP contribution in [0.25, 0.3) is 22.5 Å². The fourth-order valence-electron chi connectivity index (χ4n) is 5.65. The summed E-state index contributed by atoms with van der Waals surface area (Å²) in [5.74, 6) is 0.775. The van der Waals surface area contributed by atoms with Gasteiger partial charge >= 0.3 is 0 Å². The van der Waals surface area contributed by atoms with Gasteiger partial charge < -0.3 is 18.8 Å². The molecular formula is C38H41N3O3. The first-order chi connectivity index (χ1) is 21.6. The lowest BCUT2D eigenvalue weighted by Crippen LogP contribution is -2.41. The Balaban J connectivity index is 1.18. The number of hydrogen-bond donors (Lipinski definition) is 0. The Bertz CT molecular complexity index is 1580. The van der Waals surface area contributed by atoms with Crippen molar-refractivity contribution in [1.29, 1.82) is 0 Å². The Morgan fingerprint density at radius 1 is 0.773 bits per heavy atom. The Kier molecular flexibility index (Phi) is 9.64. The molecule has 1 aliphatic rings. The van der Waals surface area contributed by atoms with Gasteiger partial charge in [-0.05, 0) is 18.2 Å². The zero-order valence-corrected chi connectivity index (χ0v) is 25.6. The molecule has 6 nitrogen and oxygen atoms in total. The molecule has 1 aliphatic heterocycles. The minimum Gasteiger partial charge on any atom is -0.379 e. The third kappa shape index (κ3) is 7.34. The maximum Gasteiger partial charge on any atom is 0.217 e. The van der Waals surface area contributed by atoms with Gasteiger partial charge in [0.05, 0.1) is 37.8 Å². The van der Waals surface area contributed by atoms with Crippen LogP contribution in [0.3, 0.4) is 0 Å². The summed E-state index contributed by atoms with van der Waals surface area (Å²) in [7, 11) is 2.13. The van der Waals surface area contributed by atoms with Crippen LogP contribution in [-0.4, -0.2) is 54.5 Å². The maximum absolute atomic E-state index is 6.46. The predicted octanol–water partition coefficient (Wildman–Crippen LogP) is 7.47. The molecule has 6 heteroatoms. The number of benzene rings is 4. The van der Waals surface area contributed by atoms with Crippen LogP contribution >= 0.6 is 0 Å². The van der Waals surface area contributed by atoms with Crippen molar-refractivity contribution in [1.82, 2.24) is 14.5 Å². The van der Waals surface area contributed by atoms with E-state index in [1.165, 1.54) is 11.1 Å². The van der Waals surface area contributed by atoms with Crippen LogP contribution in [0.2, 0.25) is 0 Å². The van der Waals surface area contributed by atoms with E-state index in [0.717, 1.165) is 41.4 Å². The van der Waals surface area contributed by atoms with E-state index in [1.807, 2.05) is 24.3 Å². The molecule has 1 fully saturated rings. The Labute approximate surface area is 260 Å². The molecule has 226 valence electrons. The minimum absolute atomic E-state index is 0.240. The third-order valence-corrected chi connectivity index (χ3v) is 8.02. The van der Waals surface area contributed by atoms with E-state index >= 15 is 0 Å². The average molecular weight is 588 g/mol. The van der Waals surface area contributed by atoms with Gasteiger partial charge in [-0.3, -0.25) is 4.90 Å². The van der Waals surface area contributed by atoms with Crippen LogP contribution in [0.1, 0.15) is 30.2 Å². The number of imidazole rings is 1. The molecule has 1 saturated heterocycles. The van der Waals surface area contributed by atoms with E-state index < -0.39 is 6.29 Å². The summed E-state index contributed by atoms with van der Waals surface area (Å²) in [6.45, 7) is 6.86. The SMILES string of the molecule is CN(CCOC[C@]1(C)CO[C@@H](c2nc(-c3ccccc3)c(-c3ccccc3)n2Cc2ccccc2)OC1)Cc1ccccc1. The number of hydrogen-bond acceptors (Lipinski definition) is 5. The van der Waals surface area contributed by atoms with E-state index in [9.17, 15) is 0 Å². The van der Waals surface area contributed by atoms with Crippen LogP contribution in [0, 0.1) is 5.41 Å². The first-order valence-corrected chi connectivity index (χ1v) is 15.4. The van der Waals surface area contributed by atoms with Gasteiger partial charge in [0.1, 0.15) is 0 Å². The van der Waals surface area contributed by atoms with Crippen molar-refractivity contribution in [3.63, 3.8) is 0 Å². The van der Waals surface area contributed by atoms with Crippen molar-refractivity contribution in [2.75, 3.05) is 40.0 Å². The fraction of sp³-hybridized carbons (Fsp3) is 0.289. The quantitative estimate of drug-likeness (QED) is 0.142. The summed E-state index contributed by atoms with van der Waals surface area (Å²) in [4.78, 5) is 7.51. The third-order valence-electron chi connectivity index (χ3n) is 8.02. The molecule has 5 aromatic rings. The highest BCUT2D eigenvalue weighted by Crippen LogP contribution is 2.38. The average Bonchev–Trinajstić information content (AvgIpc) is 3.44. The molecule has 0 bridgehead atoms. The van der Waals surface area contributed by atoms with Gasteiger partial charge in [0.2, 0.25) is 6.29 Å². The van der Waals surface area contributed by atoms with Gasteiger partial charge in [0.15, 0.2) is 5.82 Å². The zero-order chi connectivity index (χ0) is 30.2. The van der Waals surface area contributed by atoms with Gasteiger partial charge in [-0.1, -0.05) is 128 Å². The zero-order valence-electron chi connectivity index (χ0n) is 25.6. The summed E-state index contributed by atoms with van der Waals surface area (Å²) < 4.78 is 21.3. The molecule has 1 aromatic heterocycles. The topological polar surface area (TPSA) is 48.8 Å². The lowest BCUT2D eigenvalue weighted by Gasteiger charge is -2.37. The second kappa shape index (κ2) is 14.1. The number of aromatic nitrogens is 2. The second-order valence-corrected chi connectivity index (χ2v) is 12.0. The van der Waals surface area contributed by atoms with Crippen LogP contribution in [0.15, 0.2) is 121 Å². The fourth-order valence-corrected chi connectivity index (χ4v) is 5.65. The molecule has 0 spiro atoms. The number of nitrogens with zero attached hydrogens (tertiary/aromatic N) is 3. The molecule has 4 aromatic carbocycles. The van der Waals surface area contributed by atoms with E-state index in [1.54, 1.807) is 0 Å². The molecule has 0 radical (unpaired) electrons. The van der Waals surface area contributed by atoms with Crippen LogP contribution in [0.5, 0.6) is 0 Å². The van der Waals surface area contributed by atoms with Gasteiger partial charge in [-0.25, -0.2) is 4.98 Å². The van der Waals surface area contributed by atoms with Crippen LogP contribution in [-0.2, 0) is 27.3 Å². The van der Waals surface area contributed by atoms with Crippen molar-refractivity contribution < 1.29 is 14.2 Å². The van der Waals surface area contributed by atoms with Gasteiger partial charge in [0.25, 0.3) is 0 Å². The molecule has 44 heavy (non-hydrogen) atoms. The first kappa shape index (κ1) is 30.0. The monoisotopic (exact) mass is 587 g/mol. The highest BCUT2D eigenvalue weighted by molar-refractivity contribution is 5.79. The Morgan fingerprint density at radius 3 is 1.93 bits per heavy atom. The summed E-state index contributed by atoms with van der Waals surface area (Å²) in [6, 6.07) is 41.8. The van der Waals surface area contributed by atoms with Crippen molar-refractivity contribution in [3.8, 4) is 22.5 Å². The molecule has 0 aliphatic carbocycles. The van der Waals surface area contributed by atoms with E-state index in [0.29, 0.717) is 33.0 Å². The first-order valence-electron chi connectivity index (χ1n) is 15.4. The number of ether oxygens (including phenoxy) is 3. The highest BCUT2D eigenvalue weighted by Gasteiger charge is 2.37. The summed E-state index contributed by atoms with van der Waals surface area (Å²) in [5.41, 5.74) is 6.40. The van der Waals surface area contributed by atoms with Gasteiger partial charge in [-0.15, -0.1) is 0 Å². The molecule has 0 unspecified atom stereocenters. The Hall–Kier alpha value is -4.07. The van der Waals surface area contributed by atoms with E-state index in [2.05, 4.69) is 121 Å². The maximum atomic E-state index is 6.46. The smallest absolute Gasteiger partial charge is 0.217 e. The van der Waals surface area contributed by atoms with E-state index in [-0.39, 0.29) is 5.41 Å². The summed E-state index contributed by atoms with van der Waals surface area (Å²) >= 11 is 0. The Morgan fingerprint density at radius 2 is 1.32 bits per heavy atom. The normalized spacial score (nSPS) is 18.5. The van der Waals surface area contributed by atoms with Crippen LogP contribution < -0.4 is 0 Å². The highest BCUT2D eigenvalue weighted by atomic mass is 16.7. The largest absolute Gasteiger partial charge is 0.379 e.